The van der Waals surface area contributed by atoms with E-state index in [1.165, 1.54) is 6.07 Å². The van der Waals surface area contributed by atoms with Crippen molar-refractivity contribution in [3.63, 3.8) is 0 Å². The Kier molecular flexibility index (Phi) is 4.77. The van der Waals surface area contributed by atoms with Crippen molar-refractivity contribution in [3.05, 3.63) is 41.5 Å². The molecule has 1 fully saturated rings. The molecule has 144 valence electrons. The highest BCUT2D eigenvalue weighted by atomic mass is 19.1. The predicted octanol–water partition coefficient (Wildman–Crippen LogP) is 1.74. The molecule has 4 rings (SSSR count). The van der Waals surface area contributed by atoms with E-state index in [0.29, 0.717) is 6.54 Å². The van der Waals surface area contributed by atoms with Gasteiger partial charge in [0, 0.05) is 25.7 Å². The van der Waals surface area contributed by atoms with E-state index in [9.17, 15) is 13.6 Å². The van der Waals surface area contributed by atoms with Gasteiger partial charge in [0.05, 0.1) is 12.6 Å². The van der Waals surface area contributed by atoms with Crippen LogP contribution in [0.25, 0.3) is 0 Å². The molecule has 3 heterocycles. The van der Waals surface area contributed by atoms with Crippen molar-refractivity contribution in [2.24, 2.45) is 0 Å². The first-order chi connectivity index (χ1) is 13.0. The fraction of sp³-hybridized carbons (Fsp3) is 0.500. The lowest BCUT2D eigenvalue weighted by atomic mass is 10.2. The molecule has 1 aromatic heterocycles. The Morgan fingerprint density at radius 3 is 2.93 bits per heavy atom. The average Bonchev–Trinajstić information content (AvgIpc) is 3.26. The molecule has 1 saturated heterocycles. The number of fused-ring (bicyclic) bond motifs is 1. The van der Waals surface area contributed by atoms with Crippen LogP contribution in [0.1, 0.15) is 30.5 Å². The minimum Gasteiger partial charge on any atom is -0.481 e. The van der Waals surface area contributed by atoms with Crippen molar-refractivity contribution in [1.82, 2.24) is 24.6 Å². The molecule has 0 radical (unpaired) electrons. The first kappa shape index (κ1) is 17.8. The largest absolute Gasteiger partial charge is 0.481 e. The highest BCUT2D eigenvalue weighted by Crippen LogP contribution is 2.32. The lowest BCUT2D eigenvalue weighted by Crippen LogP contribution is -2.37. The highest BCUT2D eigenvalue weighted by Gasteiger charge is 2.35. The van der Waals surface area contributed by atoms with Gasteiger partial charge in [0.25, 0.3) is 5.91 Å². The molecule has 1 amide bonds. The molecule has 0 aliphatic carbocycles. The highest BCUT2D eigenvalue weighted by molar-refractivity contribution is 5.78. The van der Waals surface area contributed by atoms with Gasteiger partial charge < -0.3 is 14.2 Å². The number of hydrogen-bond acceptors (Lipinski definition) is 5. The van der Waals surface area contributed by atoms with Crippen molar-refractivity contribution in [2.75, 3.05) is 26.7 Å². The van der Waals surface area contributed by atoms with Crippen LogP contribution in [0.4, 0.5) is 8.78 Å². The van der Waals surface area contributed by atoms with E-state index in [1.807, 2.05) is 7.05 Å². The van der Waals surface area contributed by atoms with E-state index in [4.69, 9.17) is 4.74 Å². The fourth-order valence-corrected chi connectivity index (χ4v) is 3.70. The molecule has 1 aromatic carbocycles. The molecule has 0 unspecified atom stereocenters. The molecule has 0 N–H and O–H groups in total. The number of ether oxygens (including phenoxy) is 1. The lowest BCUT2D eigenvalue weighted by molar-refractivity contribution is -0.134. The zero-order chi connectivity index (χ0) is 19.0. The summed E-state index contributed by atoms with van der Waals surface area (Å²) in [5.74, 6) is -0.182. The molecule has 27 heavy (non-hydrogen) atoms. The Balaban J connectivity index is 1.46. The monoisotopic (exact) mass is 377 g/mol. The molecule has 0 spiro atoms. The van der Waals surface area contributed by atoms with Gasteiger partial charge in [-0.05, 0) is 32.0 Å². The number of carbonyl (C=O) groups is 1. The molecular weight excluding hydrogens is 356 g/mol. The standard InChI is InChI=1S/C18H21F2N5O2/c1-23-7-8-25-16(10-23)21-22-18(25)14-3-2-6-24(14)17(26)11-27-15-5-4-12(19)9-13(15)20/h4-5,9,14H,2-3,6-8,10-11H2,1H3/t14-/m1/s1. The second-order valence-corrected chi connectivity index (χ2v) is 6.97. The zero-order valence-corrected chi connectivity index (χ0v) is 15.1. The smallest absolute Gasteiger partial charge is 0.261 e. The summed E-state index contributed by atoms with van der Waals surface area (Å²) in [5.41, 5.74) is 0. The number of hydrogen-bond donors (Lipinski definition) is 0. The number of benzene rings is 1. The molecule has 2 aliphatic rings. The third kappa shape index (κ3) is 3.51. The Hall–Kier alpha value is -2.55. The molecule has 0 bridgehead atoms. The minimum absolute atomic E-state index is 0.136. The van der Waals surface area contributed by atoms with Gasteiger partial charge in [-0.3, -0.25) is 9.69 Å². The van der Waals surface area contributed by atoms with E-state index < -0.39 is 11.6 Å². The van der Waals surface area contributed by atoms with Gasteiger partial charge in [0.15, 0.2) is 24.0 Å². The average molecular weight is 377 g/mol. The topological polar surface area (TPSA) is 63.5 Å². The van der Waals surface area contributed by atoms with Crippen LogP contribution >= 0.6 is 0 Å². The van der Waals surface area contributed by atoms with Crippen LogP contribution in [-0.4, -0.2) is 57.2 Å². The summed E-state index contributed by atoms with van der Waals surface area (Å²) in [6.07, 6.45) is 1.67. The van der Waals surface area contributed by atoms with Crippen LogP contribution in [0.15, 0.2) is 18.2 Å². The Morgan fingerprint density at radius 2 is 2.11 bits per heavy atom. The van der Waals surface area contributed by atoms with Crippen LogP contribution in [0.5, 0.6) is 5.75 Å². The van der Waals surface area contributed by atoms with Gasteiger partial charge in [0.1, 0.15) is 11.6 Å². The van der Waals surface area contributed by atoms with Gasteiger partial charge >= 0.3 is 0 Å². The Morgan fingerprint density at radius 1 is 1.26 bits per heavy atom. The van der Waals surface area contributed by atoms with Crippen LogP contribution in [-0.2, 0) is 17.9 Å². The van der Waals surface area contributed by atoms with Crippen LogP contribution < -0.4 is 4.74 Å². The number of likely N-dealkylation sites (tertiary alicyclic amines) is 1. The normalized spacial score (nSPS) is 20.0. The number of likely N-dealkylation sites (N-methyl/N-ethyl adjacent to an activating group) is 1. The number of nitrogens with zero attached hydrogens (tertiary/aromatic N) is 5. The first-order valence-corrected chi connectivity index (χ1v) is 9.01. The summed E-state index contributed by atoms with van der Waals surface area (Å²) in [7, 11) is 2.04. The molecule has 0 saturated carbocycles. The SMILES string of the molecule is CN1CCn2c(nnc2[C@H]2CCCN2C(=O)COc2ccc(F)cc2F)C1. The summed E-state index contributed by atoms with van der Waals surface area (Å²) < 4.78 is 34.0. The van der Waals surface area contributed by atoms with E-state index in [-0.39, 0.29) is 24.3 Å². The lowest BCUT2D eigenvalue weighted by Gasteiger charge is -2.28. The summed E-state index contributed by atoms with van der Waals surface area (Å²) in [4.78, 5) is 16.6. The van der Waals surface area contributed by atoms with Crippen LogP contribution in [0, 0.1) is 11.6 Å². The van der Waals surface area contributed by atoms with Crippen molar-refractivity contribution >= 4 is 5.91 Å². The van der Waals surface area contributed by atoms with E-state index in [0.717, 1.165) is 56.3 Å². The van der Waals surface area contributed by atoms with Crippen LogP contribution in [0.2, 0.25) is 0 Å². The molecule has 7 nitrogen and oxygen atoms in total. The van der Waals surface area contributed by atoms with Crippen molar-refractivity contribution in [2.45, 2.75) is 32.0 Å². The molecule has 9 heteroatoms. The minimum atomic E-state index is -0.823. The molecular formula is C18H21F2N5O2. The summed E-state index contributed by atoms with van der Waals surface area (Å²) >= 11 is 0. The Bertz CT molecular complexity index is 856. The number of carbonyl (C=O) groups excluding carboxylic acids is 1. The summed E-state index contributed by atoms with van der Waals surface area (Å²) in [5, 5.41) is 8.61. The molecule has 2 aromatic rings. The summed E-state index contributed by atoms with van der Waals surface area (Å²) in [6, 6.07) is 2.87. The van der Waals surface area contributed by atoms with Gasteiger partial charge in [-0.2, -0.15) is 0 Å². The van der Waals surface area contributed by atoms with Gasteiger partial charge in [-0.1, -0.05) is 0 Å². The number of amides is 1. The van der Waals surface area contributed by atoms with E-state index in [2.05, 4.69) is 19.7 Å². The maximum absolute atomic E-state index is 13.7. The van der Waals surface area contributed by atoms with E-state index >= 15 is 0 Å². The third-order valence-electron chi connectivity index (χ3n) is 5.09. The van der Waals surface area contributed by atoms with Gasteiger partial charge in [0.2, 0.25) is 0 Å². The summed E-state index contributed by atoms with van der Waals surface area (Å²) in [6.45, 7) is 2.74. The molecule has 1 atom stereocenters. The van der Waals surface area contributed by atoms with Crippen molar-refractivity contribution < 1.29 is 18.3 Å². The predicted molar refractivity (Wildman–Crippen MR) is 91.9 cm³/mol. The first-order valence-electron chi connectivity index (χ1n) is 9.01. The van der Waals surface area contributed by atoms with Crippen molar-refractivity contribution in [1.29, 1.82) is 0 Å². The second kappa shape index (κ2) is 7.22. The third-order valence-corrected chi connectivity index (χ3v) is 5.09. The maximum Gasteiger partial charge on any atom is 0.261 e. The second-order valence-electron chi connectivity index (χ2n) is 6.97. The quantitative estimate of drug-likeness (QED) is 0.812. The number of rotatable bonds is 4. The van der Waals surface area contributed by atoms with Gasteiger partial charge in [-0.25, -0.2) is 8.78 Å². The fourth-order valence-electron chi connectivity index (χ4n) is 3.70. The number of aromatic nitrogens is 3. The molecule has 2 aliphatic heterocycles. The Labute approximate surface area is 155 Å². The van der Waals surface area contributed by atoms with Crippen molar-refractivity contribution in [3.8, 4) is 5.75 Å². The van der Waals surface area contributed by atoms with E-state index in [1.54, 1.807) is 4.90 Å². The van der Waals surface area contributed by atoms with Crippen LogP contribution in [0.3, 0.4) is 0 Å². The number of halogens is 2. The maximum atomic E-state index is 13.7. The van der Waals surface area contributed by atoms with Gasteiger partial charge in [-0.15, -0.1) is 10.2 Å². The zero-order valence-electron chi connectivity index (χ0n) is 15.1.